The van der Waals surface area contributed by atoms with Crippen LogP contribution in [-0.2, 0) is 4.74 Å². The summed E-state index contributed by atoms with van der Waals surface area (Å²) in [4.78, 5) is 9.34. The van der Waals surface area contributed by atoms with Gasteiger partial charge in [-0.05, 0) is 42.9 Å². The number of benzene rings is 2. The summed E-state index contributed by atoms with van der Waals surface area (Å²) in [6, 6.07) is 20.5. The maximum atomic E-state index is 9.84. The minimum Gasteiger partial charge on any atom is -0.489 e. The lowest BCUT2D eigenvalue weighted by molar-refractivity contribution is 0.0254. The Morgan fingerprint density at radius 2 is 1.81 bits per heavy atom. The highest BCUT2D eigenvalue weighted by molar-refractivity contribution is 5.93. The van der Waals surface area contributed by atoms with E-state index in [9.17, 15) is 5.26 Å². The minimum atomic E-state index is 0.0774. The van der Waals surface area contributed by atoms with Crippen molar-refractivity contribution in [1.82, 2.24) is 9.88 Å². The summed E-state index contributed by atoms with van der Waals surface area (Å²) in [5, 5.41) is 9.84. The van der Waals surface area contributed by atoms with Crippen LogP contribution in [0.15, 0.2) is 65.2 Å². The second kappa shape index (κ2) is 10.3. The van der Waals surface area contributed by atoms with Gasteiger partial charge in [0.2, 0.25) is 0 Å². The molecule has 2 aromatic carbocycles. The SMILES string of the molecule is CN1CCN(c2cccc(-c3cc4nccc(-c5ccc(OC6CCOCC6)c(C#N)c5)c4o3)c2)CC1. The van der Waals surface area contributed by atoms with Crippen molar-refractivity contribution in [2.45, 2.75) is 18.9 Å². The van der Waals surface area contributed by atoms with Crippen molar-refractivity contribution in [3.05, 3.63) is 66.4 Å². The molecule has 4 aromatic rings. The zero-order valence-electron chi connectivity index (χ0n) is 21.0. The largest absolute Gasteiger partial charge is 0.489 e. The molecule has 7 nitrogen and oxygen atoms in total. The molecule has 6 rings (SSSR count). The van der Waals surface area contributed by atoms with Gasteiger partial charge in [0.25, 0.3) is 0 Å². The summed E-state index contributed by atoms with van der Waals surface area (Å²) in [7, 11) is 2.17. The summed E-state index contributed by atoms with van der Waals surface area (Å²) < 4.78 is 18.0. The van der Waals surface area contributed by atoms with Gasteiger partial charge in [0.05, 0.1) is 18.8 Å². The summed E-state index contributed by atoms with van der Waals surface area (Å²) in [6.07, 6.45) is 3.54. The van der Waals surface area contributed by atoms with Crippen LogP contribution in [0.1, 0.15) is 18.4 Å². The second-order valence-corrected chi connectivity index (χ2v) is 9.78. The standard InChI is InChI=1S/C30H30N4O3/c1-33-11-13-34(14-12-33)24-4-2-3-22(18-24)29-19-27-30(37-29)26(7-10-32-27)21-5-6-28(23(17-21)20-31)36-25-8-15-35-16-9-25/h2-7,10,17-19,25H,8-9,11-16H2,1H3. The smallest absolute Gasteiger partial charge is 0.161 e. The van der Waals surface area contributed by atoms with Gasteiger partial charge in [-0.3, -0.25) is 4.98 Å². The zero-order valence-corrected chi connectivity index (χ0v) is 21.0. The van der Waals surface area contributed by atoms with Gasteiger partial charge in [-0.15, -0.1) is 0 Å². The Labute approximate surface area is 216 Å². The van der Waals surface area contributed by atoms with Crippen LogP contribution in [0.2, 0.25) is 0 Å². The Kier molecular flexibility index (Phi) is 6.52. The first kappa shape index (κ1) is 23.5. The molecular weight excluding hydrogens is 464 g/mol. The number of piperazine rings is 1. The van der Waals surface area contributed by atoms with Crippen molar-refractivity contribution in [3.63, 3.8) is 0 Å². The maximum absolute atomic E-state index is 9.84. The van der Waals surface area contributed by atoms with Crippen LogP contribution in [0.4, 0.5) is 5.69 Å². The van der Waals surface area contributed by atoms with Gasteiger partial charge in [-0.25, -0.2) is 0 Å². The molecule has 7 heteroatoms. The first-order valence-corrected chi connectivity index (χ1v) is 12.9. The van der Waals surface area contributed by atoms with Crippen molar-refractivity contribution >= 4 is 16.8 Å². The van der Waals surface area contributed by atoms with Gasteiger partial charge < -0.3 is 23.7 Å². The van der Waals surface area contributed by atoms with Crippen molar-refractivity contribution in [2.24, 2.45) is 0 Å². The fourth-order valence-electron chi connectivity index (χ4n) is 5.09. The van der Waals surface area contributed by atoms with E-state index in [2.05, 4.69) is 52.2 Å². The van der Waals surface area contributed by atoms with E-state index >= 15 is 0 Å². The maximum Gasteiger partial charge on any atom is 0.161 e. The van der Waals surface area contributed by atoms with E-state index in [1.165, 1.54) is 5.69 Å². The number of likely N-dealkylation sites (N-methyl/N-ethyl adjacent to an activating group) is 1. The topological polar surface area (TPSA) is 74.8 Å². The van der Waals surface area contributed by atoms with Crippen molar-refractivity contribution in [1.29, 1.82) is 5.26 Å². The molecule has 0 amide bonds. The molecule has 4 heterocycles. The number of hydrogen-bond acceptors (Lipinski definition) is 7. The highest BCUT2D eigenvalue weighted by atomic mass is 16.5. The monoisotopic (exact) mass is 494 g/mol. The number of aromatic nitrogens is 1. The molecule has 0 radical (unpaired) electrons. The highest BCUT2D eigenvalue weighted by Gasteiger charge is 2.19. The molecule has 0 spiro atoms. The van der Waals surface area contributed by atoms with Crippen molar-refractivity contribution < 1.29 is 13.9 Å². The summed E-state index contributed by atoms with van der Waals surface area (Å²) >= 11 is 0. The fourth-order valence-corrected chi connectivity index (χ4v) is 5.09. The number of furan rings is 1. The Bertz CT molecular complexity index is 1440. The predicted octanol–water partition coefficient (Wildman–Crippen LogP) is 5.34. The van der Waals surface area contributed by atoms with E-state index in [-0.39, 0.29) is 6.10 Å². The van der Waals surface area contributed by atoms with Crippen LogP contribution in [-0.4, -0.2) is 62.4 Å². The number of anilines is 1. The van der Waals surface area contributed by atoms with Crippen LogP contribution in [0.3, 0.4) is 0 Å². The van der Waals surface area contributed by atoms with Gasteiger partial charge in [-0.2, -0.15) is 5.26 Å². The van der Waals surface area contributed by atoms with E-state index in [0.29, 0.717) is 30.1 Å². The number of pyridine rings is 1. The number of nitriles is 1. The molecule has 2 aromatic heterocycles. The van der Waals surface area contributed by atoms with Crippen LogP contribution >= 0.6 is 0 Å². The molecule has 37 heavy (non-hydrogen) atoms. The van der Waals surface area contributed by atoms with Gasteiger partial charge in [0, 0.05) is 68.1 Å². The Balaban J connectivity index is 1.31. The fraction of sp³-hybridized carbons (Fsp3) is 0.333. The average molecular weight is 495 g/mol. The number of rotatable bonds is 5. The quantitative estimate of drug-likeness (QED) is 0.371. The number of fused-ring (bicyclic) bond motifs is 1. The van der Waals surface area contributed by atoms with Gasteiger partial charge in [-0.1, -0.05) is 18.2 Å². The molecule has 188 valence electrons. The van der Waals surface area contributed by atoms with E-state index in [1.807, 2.05) is 30.3 Å². The molecule has 0 unspecified atom stereocenters. The lowest BCUT2D eigenvalue weighted by Crippen LogP contribution is -2.44. The Morgan fingerprint density at radius 3 is 2.62 bits per heavy atom. The molecule has 2 aliphatic heterocycles. The minimum absolute atomic E-state index is 0.0774. The van der Waals surface area contributed by atoms with E-state index < -0.39 is 0 Å². The third kappa shape index (κ3) is 4.91. The lowest BCUT2D eigenvalue weighted by Gasteiger charge is -2.34. The molecule has 0 bridgehead atoms. The third-order valence-corrected chi connectivity index (χ3v) is 7.28. The van der Waals surface area contributed by atoms with E-state index in [1.54, 1.807) is 6.20 Å². The normalized spacial score (nSPS) is 17.1. The first-order chi connectivity index (χ1) is 18.2. The molecule has 2 fully saturated rings. The molecule has 0 N–H and O–H groups in total. The van der Waals surface area contributed by atoms with Crippen LogP contribution < -0.4 is 9.64 Å². The molecule has 2 aliphatic rings. The van der Waals surface area contributed by atoms with E-state index in [4.69, 9.17) is 13.9 Å². The summed E-state index contributed by atoms with van der Waals surface area (Å²) in [5.41, 5.74) is 6.05. The van der Waals surface area contributed by atoms with Gasteiger partial charge in [0.15, 0.2) is 5.58 Å². The summed E-state index contributed by atoms with van der Waals surface area (Å²) in [5.74, 6) is 1.40. The molecule has 0 aliphatic carbocycles. The lowest BCUT2D eigenvalue weighted by atomic mass is 10.0. The van der Waals surface area contributed by atoms with Crippen molar-refractivity contribution in [2.75, 3.05) is 51.3 Å². The Morgan fingerprint density at radius 1 is 0.973 bits per heavy atom. The highest BCUT2D eigenvalue weighted by Crippen LogP contribution is 2.36. The number of nitrogens with zero attached hydrogens (tertiary/aromatic N) is 4. The third-order valence-electron chi connectivity index (χ3n) is 7.28. The van der Waals surface area contributed by atoms with Crippen LogP contribution in [0, 0.1) is 11.3 Å². The predicted molar refractivity (Wildman–Crippen MR) is 144 cm³/mol. The Hall–Kier alpha value is -3.86. The number of hydrogen-bond donors (Lipinski definition) is 0. The van der Waals surface area contributed by atoms with Crippen molar-refractivity contribution in [3.8, 4) is 34.3 Å². The number of ether oxygens (including phenoxy) is 2. The molecule has 2 saturated heterocycles. The van der Waals surface area contributed by atoms with Gasteiger partial charge in [0.1, 0.15) is 29.2 Å². The van der Waals surface area contributed by atoms with Gasteiger partial charge >= 0.3 is 0 Å². The summed E-state index contributed by atoms with van der Waals surface area (Å²) in [6.45, 7) is 5.54. The van der Waals surface area contributed by atoms with Crippen LogP contribution in [0.25, 0.3) is 33.6 Å². The second-order valence-electron chi connectivity index (χ2n) is 9.78. The van der Waals surface area contributed by atoms with Crippen LogP contribution in [0.5, 0.6) is 5.75 Å². The first-order valence-electron chi connectivity index (χ1n) is 12.9. The zero-order chi connectivity index (χ0) is 25.2. The molecule has 0 saturated carbocycles. The molecule has 0 atom stereocenters. The molecular formula is C30H30N4O3. The average Bonchev–Trinajstić information content (AvgIpc) is 3.39. The van der Waals surface area contributed by atoms with E-state index in [0.717, 1.165) is 67.0 Å².